The molecule has 0 heterocycles. The van der Waals surface area contributed by atoms with Crippen LogP contribution in [0.25, 0.3) is 0 Å². The van der Waals surface area contributed by atoms with Crippen molar-refractivity contribution >= 4 is 0 Å². The van der Waals surface area contributed by atoms with E-state index < -0.39 is 0 Å². The molecule has 2 aliphatic rings. The number of rotatable bonds is 4. The molecule has 2 heteroatoms. The first-order chi connectivity index (χ1) is 12.5. The van der Waals surface area contributed by atoms with Crippen LogP contribution in [0, 0.1) is 0 Å². The molecule has 2 unspecified atom stereocenters. The zero-order chi connectivity index (χ0) is 18.5. The lowest BCUT2D eigenvalue weighted by molar-refractivity contribution is 0.430. The monoisotopic (exact) mass is 346 g/mol. The highest BCUT2D eigenvalue weighted by molar-refractivity contribution is 5.41. The Morgan fingerprint density at radius 2 is 1.46 bits per heavy atom. The van der Waals surface area contributed by atoms with Crippen LogP contribution in [0.3, 0.4) is 0 Å². The summed E-state index contributed by atoms with van der Waals surface area (Å²) in [6.07, 6.45) is 16.9. The Bertz CT molecular complexity index is 829. The van der Waals surface area contributed by atoms with Gasteiger partial charge in [-0.1, -0.05) is 68.0 Å². The average molecular weight is 346 g/mol. The van der Waals surface area contributed by atoms with Crippen LogP contribution >= 0.6 is 0 Å². The summed E-state index contributed by atoms with van der Waals surface area (Å²) >= 11 is 0. The molecule has 2 aliphatic carbocycles. The van der Waals surface area contributed by atoms with Crippen LogP contribution in [0.4, 0.5) is 0 Å². The third kappa shape index (κ3) is 4.26. The molecule has 0 radical (unpaired) electrons. The summed E-state index contributed by atoms with van der Waals surface area (Å²) in [4.78, 5) is 0. The predicted octanol–water partition coefficient (Wildman–Crippen LogP) is 6.55. The van der Waals surface area contributed by atoms with Gasteiger partial charge in [-0.15, -0.1) is 0 Å². The number of allylic oxidation sites excluding steroid dienone is 10. The van der Waals surface area contributed by atoms with Gasteiger partial charge in [0.2, 0.25) is 0 Å². The molecule has 2 N–H and O–H groups in total. The van der Waals surface area contributed by atoms with Crippen LogP contribution in [0.5, 0.6) is 0 Å². The molecule has 1 aromatic carbocycles. The van der Waals surface area contributed by atoms with Gasteiger partial charge in [0.1, 0.15) is 11.5 Å². The van der Waals surface area contributed by atoms with Crippen molar-refractivity contribution in [1.29, 1.82) is 0 Å². The minimum Gasteiger partial charge on any atom is -0.508 e. The molecule has 134 valence electrons. The Hall–Kier alpha value is -2.74. The zero-order valence-corrected chi connectivity index (χ0v) is 15.4. The molecule has 0 spiro atoms. The van der Waals surface area contributed by atoms with Crippen LogP contribution in [0.15, 0.2) is 95.5 Å². The van der Waals surface area contributed by atoms with Crippen LogP contribution < -0.4 is 0 Å². The third-order valence-corrected chi connectivity index (χ3v) is 5.23. The smallest absolute Gasteiger partial charge is 0.115 e. The highest BCUT2D eigenvalue weighted by Crippen LogP contribution is 2.31. The summed E-state index contributed by atoms with van der Waals surface area (Å²) in [5.74, 6) is 1.24. The molecule has 0 aromatic heterocycles. The van der Waals surface area contributed by atoms with Gasteiger partial charge in [-0.2, -0.15) is 0 Å². The van der Waals surface area contributed by atoms with Crippen molar-refractivity contribution in [1.82, 2.24) is 0 Å². The maximum absolute atomic E-state index is 9.63. The summed E-state index contributed by atoms with van der Waals surface area (Å²) in [5, 5.41) is 19.2. The van der Waals surface area contributed by atoms with Crippen LogP contribution in [-0.4, -0.2) is 10.2 Å². The van der Waals surface area contributed by atoms with Crippen molar-refractivity contribution in [3.05, 3.63) is 107 Å². The van der Waals surface area contributed by atoms with Gasteiger partial charge in [0.05, 0.1) is 0 Å². The minimum atomic E-state index is 0.287. The second-order valence-corrected chi connectivity index (χ2v) is 6.95. The minimum absolute atomic E-state index is 0.287. The quantitative estimate of drug-likeness (QED) is 0.649. The van der Waals surface area contributed by atoms with Crippen molar-refractivity contribution in [2.45, 2.75) is 38.5 Å². The van der Waals surface area contributed by atoms with E-state index in [9.17, 15) is 10.2 Å². The van der Waals surface area contributed by atoms with E-state index >= 15 is 0 Å². The molecule has 3 rings (SSSR count). The Morgan fingerprint density at radius 1 is 0.769 bits per heavy atom. The largest absolute Gasteiger partial charge is 0.508 e. The first-order valence-electron chi connectivity index (χ1n) is 9.18. The van der Waals surface area contributed by atoms with E-state index in [0.717, 1.165) is 12.8 Å². The van der Waals surface area contributed by atoms with Crippen molar-refractivity contribution in [2.75, 3.05) is 0 Å². The van der Waals surface area contributed by atoms with E-state index in [1.807, 2.05) is 24.3 Å². The number of aliphatic hydroxyl groups excluding tert-OH is 2. The Labute approximate surface area is 155 Å². The first kappa shape index (κ1) is 18.1. The highest BCUT2D eigenvalue weighted by Gasteiger charge is 2.14. The van der Waals surface area contributed by atoms with Gasteiger partial charge in [-0.05, 0) is 53.8 Å². The normalized spacial score (nSPS) is 19.5. The van der Waals surface area contributed by atoms with Gasteiger partial charge in [0.15, 0.2) is 0 Å². The highest BCUT2D eigenvalue weighted by atomic mass is 16.3. The van der Waals surface area contributed by atoms with Crippen molar-refractivity contribution < 1.29 is 10.2 Å². The number of hydrogen-bond donors (Lipinski definition) is 2. The van der Waals surface area contributed by atoms with Gasteiger partial charge in [0.25, 0.3) is 0 Å². The van der Waals surface area contributed by atoms with Crippen LogP contribution in [-0.2, 0) is 0 Å². The Kier molecular flexibility index (Phi) is 5.62. The molecule has 26 heavy (non-hydrogen) atoms. The Balaban J connectivity index is 1.75. The van der Waals surface area contributed by atoms with Gasteiger partial charge >= 0.3 is 0 Å². The summed E-state index contributed by atoms with van der Waals surface area (Å²) in [7, 11) is 0. The fraction of sp³-hybridized carbons (Fsp3) is 0.250. The van der Waals surface area contributed by atoms with E-state index in [1.54, 1.807) is 18.2 Å². The van der Waals surface area contributed by atoms with Crippen LogP contribution in [0.2, 0.25) is 0 Å². The van der Waals surface area contributed by atoms with Crippen LogP contribution in [0.1, 0.15) is 49.7 Å². The van der Waals surface area contributed by atoms with E-state index in [-0.39, 0.29) is 5.92 Å². The summed E-state index contributed by atoms with van der Waals surface area (Å²) in [6, 6.07) is 8.80. The lowest BCUT2D eigenvalue weighted by Crippen LogP contribution is -2.00. The molecule has 0 saturated heterocycles. The standard InChI is InChI=1S/C24H26O2/c1-17(19-5-3-7-23(25)15-13-19)21-9-11-22(12-10-21)18(2)20-6-4-8-24(26)16-14-20/h3,6-18,25-26H,4-5H2,1-2H3. The molecule has 2 nitrogen and oxygen atoms in total. The predicted molar refractivity (Wildman–Crippen MR) is 108 cm³/mol. The van der Waals surface area contributed by atoms with Crippen molar-refractivity contribution in [3.8, 4) is 0 Å². The zero-order valence-electron chi connectivity index (χ0n) is 15.4. The van der Waals surface area contributed by atoms with Gasteiger partial charge < -0.3 is 10.2 Å². The van der Waals surface area contributed by atoms with E-state index in [2.05, 4.69) is 44.2 Å². The summed E-state index contributed by atoms with van der Waals surface area (Å²) in [5.41, 5.74) is 5.07. The van der Waals surface area contributed by atoms with Gasteiger partial charge in [0, 0.05) is 11.8 Å². The summed E-state index contributed by atoms with van der Waals surface area (Å²) < 4.78 is 0. The van der Waals surface area contributed by atoms with Gasteiger partial charge in [-0.25, -0.2) is 0 Å². The molecular formula is C24H26O2. The van der Waals surface area contributed by atoms with Crippen molar-refractivity contribution in [2.24, 2.45) is 0 Å². The SMILES string of the molecule is CC(C1=CCC=C(O)C=C1)c1ccc(C(C)C2=CC=C(O)C=CC2)cc1. The second kappa shape index (κ2) is 8.09. The van der Waals surface area contributed by atoms with E-state index in [0.29, 0.717) is 17.4 Å². The fourth-order valence-corrected chi connectivity index (χ4v) is 3.39. The number of benzene rings is 1. The first-order valence-corrected chi connectivity index (χ1v) is 9.18. The topological polar surface area (TPSA) is 40.5 Å². The van der Waals surface area contributed by atoms with E-state index in [4.69, 9.17) is 0 Å². The Morgan fingerprint density at radius 3 is 2.19 bits per heavy atom. The number of hydrogen-bond acceptors (Lipinski definition) is 2. The fourth-order valence-electron chi connectivity index (χ4n) is 3.39. The lowest BCUT2D eigenvalue weighted by Gasteiger charge is -2.18. The molecular weight excluding hydrogens is 320 g/mol. The molecule has 1 aromatic rings. The average Bonchev–Trinajstić information content (AvgIpc) is 3.00. The third-order valence-electron chi connectivity index (χ3n) is 5.23. The molecule has 0 saturated carbocycles. The molecule has 2 atom stereocenters. The number of aliphatic hydroxyl groups is 2. The molecule has 0 bridgehead atoms. The molecule has 0 fully saturated rings. The maximum atomic E-state index is 9.63. The van der Waals surface area contributed by atoms with Gasteiger partial charge in [-0.3, -0.25) is 0 Å². The molecule has 0 amide bonds. The second-order valence-electron chi connectivity index (χ2n) is 6.95. The maximum Gasteiger partial charge on any atom is 0.115 e. The lowest BCUT2D eigenvalue weighted by atomic mass is 9.87. The van der Waals surface area contributed by atoms with Crippen molar-refractivity contribution in [3.63, 3.8) is 0 Å². The van der Waals surface area contributed by atoms with E-state index in [1.165, 1.54) is 22.3 Å². The molecule has 0 aliphatic heterocycles. The summed E-state index contributed by atoms with van der Waals surface area (Å²) in [6.45, 7) is 4.41.